The fourth-order valence-corrected chi connectivity index (χ4v) is 4.64. The van der Waals surface area contributed by atoms with E-state index in [1.54, 1.807) is 11.4 Å². The minimum Gasteiger partial charge on any atom is -0.380 e. The predicted molar refractivity (Wildman–Crippen MR) is 73.4 cm³/mol. The van der Waals surface area contributed by atoms with Crippen molar-refractivity contribution in [2.45, 2.75) is 10.6 Å². The van der Waals surface area contributed by atoms with Gasteiger partial charge in [0.05, 0.1) is 6.61 Å². The number of rotatable bonds is 8. The summed E-state index contributed by atoms with van der Waals surface area (Å²) in [7, 11) is -3.40. The number of hydrogen-bond donors (Lipinski definition) is 1. The van der Waals surface area contributed by atoms with E-state index in [9.17, 15) is 8.42 Å². The van der Waals surface area contributed by atoms with Gasteiger partial charge in [-0.3, -0.25) is 0 Å². The highest BCUT2D eigenvalue weighted by molar-refractivity contribution is 9.10. The number of halogens is 2. The van der Waals surface area contributed by atoms with E-state index in [1.165, 1.54) is 11.3 Å². The van der Waals surface area contributed by atoms with Crippen LogP contribution < -0.4 is 4.72 Å². The summed E-state index contributed by atoms with van der Waals surface area (Å²) in [5.74, 6) is 0.452. The van der Waals surface area contributed by atoms with Crippen molar-refractivity contribution < 1.29 is 13.2 Å². The molecule has 0 aliphatic carbocycles. The molecule has 98 valence electrons. The molecule has 0 atom stereocenters. The third-order valence-electron chi connectivity index (χ3n) is 1.81. The van der Waals surface area contributed by atoms with E-state index >= 15 is 0 Å². The fraction of sp³-hybridized carbons (Fsp3) is 0.556. The van der Waals surface area contributed by atoms with E-state index < -0.39 is 10.0 Å². The molecule has 1 aromatic rings. The highest BCUT2D eigenvalue weighted by Crippen LogP contribution is 2.27. The van der Waals surface area contributed by atoms with Crippen LogP contribution in [0.15, 0.2) is 20.1 Å². The van der Waals surface area contributed by atoms with Crippen LogP contribution in [0, 0.1) is 0 Å². The van der Waals surface area contributed by atoms with Crippen LogP contribution >= 0.6 is 38.9 Å². The minimum atomic E-state index is -3.40. The van der Waals surface area contributed by atoms with Crippen LogP contribution in [0.25, 0.3) is 0 Å². The SMILES string of the molecule is O=S(=O)(NCCCOCCCl)c1sccc1Br. The molecule has 0 radical (unpaired) electrons. The molecule has 0 aromatic carbocycles. The van der Waals surface area contributed by atoms with Gasteiger partial charge in [-0.25, -0.2) is 13.1 Å². The number of nitrogens with one attached hydrogen (secondary N) is 1. The lowest BCUT2D eigenvalue weighted by atomic mass is 10.5. The second-order valence-electron chi connectivity index (χ2n) is 3.11. The normalized spacial score (nSPS) is 11.9. The van der Waals surface area contributed by atoms with Crippen molar-refractivity contribution in [2.75, 3.05) is 25.6 Å². The molecule has 1 rings (SSSR count). The fourth-order valence-electron chi connectivity index (χ4n) is 1.07. The van der Waals surface area contributed by atoms with E-state index in [2.05, 4.69) is 20.7 Å². The molecular weight excluding hydrogens is 350 g/mol. The summed E-state index contributed by atoms with van der Waals surface area (Å²) < 4.78 is 32.2. The molecule has 0 saturated heterocycles. The minimum absolute atomic E-state index is 0.305. The summed E-state index contributed by atoms with van der Waals surface area (Å²) in [6.07, 6.45) is 0.624. The van der Waals surface area contributed by atoms with Crippen molar-refractivity contribution >= 4 is 48.9 Å². The van der Waals surface area contributed by atoms with Crippen molar-refractivity contribution in [1.82, 2.24) is 4.72 Å². The Bertz CT molecular complexity index is 435. The molecule has 0 saturated carbocycles. The van der Waals surface area contributed by atoms with Gasteiger partial charge < -0.3 is 4.74 Å². The number of ether oxygens (including phenoxy) is 1. The Hall–Kier alpha value is 0.340. The molecule has 0 amide bonds. The van der Waals surface area contributed by atoms with Gasteiger partial charge in [0.15, 0.2) is 0 Å². The Morgan fingerprint density at radius 1 is 1.47 bits per heavy atom. The molecule has 4 nitrogen and oxygen atoms in total. The van der Waals surface area contributed by atoms with Crippen LogP contribution in [0.4, 0.5) is 0 Å². The maximum atomic E-state index is 11.8. The summed E-state index contributed by atoms with van der Waals surface area (Å²) in [6, 6.07) is 1.71. The first-order chi connectivity index (χ1) is 8.08. The van der Waals surface area contributed by atoms with Gasteiger partial charge in [-0.15, -0.1) is 22.9 Å². The van der Waals surface area contributed by atoms with Crippen LogP contribution in [-0.2, 0) is 14.8 Å². The van der Waals surface area contributed by atoms with Crippen molar-refractivity contribution in [3.63, 3.8) is 0 Å². The van der Waals surface area contributed by atoms with Crippen molar-refractivity contribution in [3.05, 3.63) is 15.9 Å². The summed E-state index contributed by atoms with van der Waals surface area (Å²) in [5.41, 5.74) is 0. The lowest BCUT2D eigenvalue weighted by molar-refractivity contribution is 0.147. The maximum Gasteiger partial charge on any atom is 0.251 e. The van der Waals surface area contributed by atoms with E-state index in [0.717, 1.165) is 0 Å². The monoisotopic (exact) mass is 361 g/mol. The van der Waals surface area contributed by atoms with Crippen LogP contribution in [0.1, 0.15) is 6.42 Å². The van der Waals surface area contributed by atoms with Gasteiger partial charge in [-0.2, -0.15) is 0 Å². The van der Waals surface area contributed by atoms with E-state index in [-0.39, 0.29) is 0 Å². The van der Waals surface area contributed by atoms with Crippen molar-refractivity contribution in [1.29, 1.82) is 0 Å². The quantitative estimate of drug-likeness (QED) is 0.571. The molecular formula is C9H13BrClNO3S2. The summed E-state index contributed by atoms with van der Waals surface area (Å²) in [6.45, 7) is 1.35. The average Bonchev–Trinajstić information content (AvgIpc) is 2.70. The first kappa shape index (κ1) is 15.4. The lowest BCUT2D eigenvalue weighted by Crippen LogP contribution is -2.25. The Labute approximate surface area is 118 Å². The highest BCUT2D eigenvalue weighted by Gasteiger charge is 2.18. The molecule has 0 fully saturated rings. The first-order valence-corrected chi connectivity index (χ1v) is 8.63. The zero-order valence-electron chi connectivity index (χ0n) is 8.99. The van der Waals surface area contributed by atoms with Crippen molar-refractivity contribution in [2.24, 2.45) is 0 Å². The molecule has 0 bridgehead atoms. The lowest BCUT2D eigenvalue weighted by Gasteiger charge is -2.05. The molecule has 8 heteroatoms. The molecule has 0 aliphatic heterocycles. The smallest absolute Gasteiger partial charge is 0.251 e. The maximum absolute atomic E-state index is 11.8. The predicted octanol–water partition coefficient (Wildman–Crippen LogP) is 2.43. The highest BCUT2D eigenvalue weighted by atomic mass is 79.9. The largest absolute Gasteiger partial charge is 0.380 e. The van der Waals surface area contributed by atoms with Crippen LogP contribution in [0.2, 0.25) is 0 Å². The van der Waals surface area contributed by atoms with Gasteiger partial charge in [-0.1, -0.05) is 0 Å². The summed E-state index contributed by atoms with van der Waals surface area (Å²) in [5, 5.41) is 1.72. The Balaban J connectivity index is 2.34. The van der Waals surface area contributed by atoms with E-state index in [1.807, 2.05) is 0 Å². The summed E-state index contributed by atoms with van der Waals surface area (Å²) >= 11 is 9.81. The third-order valence-corrected chi connectivity index (χ3v) is 6.09. The van der Waals surface area contributed by atoms with Gasteiger partial charge in [0.2, 0.25) is 0 Å². The third kappa shape index (κ3) is 5.23. The average molecular weight is 363 g/mol. The topological polar surface area (TPSA) is 55.4 Å². The van der Waals surface area contributed by atoms with Gasteiger partial charge in [0.25, 0.3) is 10.0 Å². The van der Waals surface area contributed by atoms with Crippen LogP contribution in [-0.4, -0.2) is 34.1 Å². The Kier molecular flexibility index (Phi) is 6.98. The second kappa shape index (κ2) is 7.70. The van der Waals surface area contributed by atoms with Crippen LogP contribution in [0.3, 0.4) is 0 Å². The second-order valence-corrected chi connectivity index (χ2v) is 7.22. The van der Waals surface area contributed by atoms with Gasteiger partial charge in [-0.05, 0) is 33.8 Å². The molecule has 1 N–H and O–H groups in total. The first-order valence-electron chi connectivity index (χ1n) is 4.94. The Morgan fingerprint density at radius 2 is 2.24 bits per heavy atom. The van der Waals surface area contributed by atoms with Gasteiger partial charge >= 0.3 is 0 Å². The summed E-state index contributed by atoms with van der Waals surface area (Å²) in [4.78, 5) is 0. The number of hydrogen-bond acceptors (Lipinski definition) is 4. The van der Waals surface area contributed by atoms with Crippen molar-refractivity contribution in [3.8, 4) is 0 Å². The number of alkyl halides is 1. The van der Waals surface area contributed by atoms with Crippen LogP contribution in [0.5, 0.6) is 0 Å². The molecule has 0 aliphatic rings. The zero-order chi connectivity index (χ0) is 12.7. The van der Waals surface area contributed by atoms with E-state index in [4.69, 9.17) is 16.3 Å². The molecule has 17 heavy (non-hydrogen) atoms. The zero-order valence-corrected chi connectivity index (χ0v) is 13.0. The molecule has 0 unspecified atom stereocenters. The molecule has 1 aromatic heterocycles. The molecule has 1 heterocycles. The number of thiophene rings is 1. The van der Waals surface area contributed by atoms with E-state index in [0.29, 0.717) is 40.7 Å². The van der Waals surface area contributed by atoms with Gasteiger partial charge in [0, 0.05) is 23.5 Å². The number of sulfonamides is 1. The van der Waals surface area contributed by atoms with Gasteiger partial charge in [0.1, 0.15) is 4.21 Å². The Morgan fingerprint density at radius 3 is 2.82 bits per heavy atom. The standard InChI is InChI=1S/C9H13BrClNO3S2/c10-8-2-7-16-9(8)17(13,14)12-4-1-5-15-6-3-11/h2,7,12H,1,3-6H2. The molecule has 0 spiro atoms.